The first-order valence-corrected chi connectivity index (χ1v) is 10.7. The van der Waals surface area contributed by atoms with Gasteiger partial charge in [-0.25, -0.2) is 13.4 Å². The molecule has 0 amide bonds. The molecule has 0 atom stereocenters. The molecule has 0 bridgehead atoms. The van der Waals surface area contributed by atoms with Crippen LogP contribution in [-0.4, -0.2) is 23.1 Å². The fourth-order valence-electron chi connectivity index (χ4n) is 2.83. The number of aryl methyl sites for hydroxylation is 1. The van der Waals surface area contributed by atoms with Gasteiger partial charge in [-0.1, -0.05) is 18.2 Å². The maximum Gasteiger partial charge on any atom is 1.00 e. The van der Waals surface area contributed by atoms with Gasteiger partial charge in [0, 0.05) is 5.56 Å². The number of phenols is 1. The van der Waals surface area contributed by atoms with Crippen LogP contribution in [-0.2, 0) is 10.1 Å². The van der Waals surface area contributed by atoms with Crippen LogP contribution in [0.2, 0.25) is 0 Å². The van der Waals surface area contributed by atoms with Crippen LogP contribution in [0.4, 0.5) is 11.4 Å². The third-order valence-electron chi connectivity index (χ3n) is 4.23. The topological polar surface area (TPSA) is 115 Å². The molecular formula is C20H14N3NaO4S2. The molecule has 0 spiro atoms. The standard InChI is InChI=1S/C20H15N3O4S2.Na/c1-12-6-11-16-18(19(12)29(25,26)27)28-20(21-16)13-7-9-14(10-8-13)22-23-15-4-2-3-5-17(15)24;/h2-11,24H,1H3,(H,25,26,27);/q;+1/p-1. The van der Waals surface area contributed by atoms with Gasteiger partial charge in [-0.15, -0.1) is 16.5 Å². The largest absolute Gasteiger partial charge is 1.00 e. The molecule has 0 unspecified atom stereocenters. The zero-order chi connectivity index (χ0) is 20.6. The van der Waals surface area contributed by atoms with E-state index in [0.717, 1.165) is 16.9 Å². The molecule has 0 aliphatic rings. The second-order valence-corrected chi connectivity index (χ2v) is 8.58. The molecule has 4 rings (SSSR count). The van der Waals surface area contributed by atoms with Crippen LogP contribution in [0.1, 0.15) is 5.56 Å². The Bertz CT molecular complexity index is 1350. The van der Waals surface area contributed by atoms with Crippen molar-refractivity contribution in [1.82, 2.24) is 4.98 Å². The molecule has 30 heavy (non-hydrogen) atoms. The van der Waals surface area contributed by atoms with Gasteiger partial charge >= 0.3 is 29.6 Å². The van der Waals surface area contributed by atoms with Gasteiger partial charge in [0.1, 0.15) is 26.6 Å². The van der Waals surface area contributed by atoms with Crippen molar-refractivity contribution in [2.24, 2.45) is 10.2 Å². The number of para-hydroxylation sites is 1. The smallest absolute Gasteiger partial charge is 0.744 e. The van der Waals surface area contributed by atoms with E-state index in [-0.39, 0.29) is 40.2 Å². The SMILES string of the molecule is Cc1ccc2nc(-c3ccc(N=Nc4ccccc4O)cc3)sc2c1S(=O)(=O)[O-].[Na+]. The monoisotopic (exact) mass is 447 g/mol. The van der Waals surface area contributed by atoms with E-state index in [1.165, 1.54) is 6.07 Å². The normalized spacial score (nSPS) is 11.7. The minimum Gasteiger partial charge on any atom is -0.744 e. The van der Waals surface area contributed by atoms with Gasteiger partial charge in [0.05, 0.1) is 20.8 Å². The van der Waals surface area contributed by atoms with Gasteiger partial charge in [-0.3, -0.25) is 0 Å². The quantitative estimate of drug-likeness (QED) is 0.293. The minimum atomic E-state index is -4.60. The predicted octanol–water partition coefficient (Wildman–Crippen LogP) is 2.30. The number of hydrogen-bond donors (Lipinski definition) is 1. The molecule has 1 aromatic heterocycles. The van der Waals surface area contributed by atoms with Crippen LogP contribution in [0.15, 0.2) is 75.8 Å². The summed E-state index contributed by atoms with van der Waals surface area (Å²) in [5.74, 6) is 0.0433. The van der Waals surface area contributed by atoms with Gasteiger partial charge in [0.15, 0.2) is 0 Å². The third-order valence-corrected chi connectivity index (χ3v) is 6.52. The molecule has 0 saturated carbocycles. The van der Waals surface area contributed by atoms with Crippen molar-refractivity contribution in [2.45, 2.75) is 11.8 Å². The maximum atomic E-state index is 11.7. The van der Waals surface area contributed by atoms with Crippen molar-refractivity contribution in [3.63, 3.8) is 0 Å². The molecule has 0 aliphatic heterocycles. The minimum absolute atomic E-state index is 0. The van der Waals surface area contributed by atoms with Gasteiger partial charge in [0.25, 0.3) is 0 Å². The number of phenolic OH excluding ortho intramolecular Hbond substituents is 1. The Kier molecular flexibility index (Phi) is 6.71. The van der Waals surface area contributed by atoms with E-state index >= 15 is 0 Å². The maximum absolute atomic E-state index is 11.7. The summed E-state index contributed by atoms with van der Waals surface area (Å²) < 4.78 is 35.3. The first-order chi connectivity index (χ1) is 13.8. The van der Waals surface area contributed by atoms with E-state index < -0.39 is 10.1 Å². The Hall–Kier alpha value is -2.14. The van der Waals surface area contributed by atoms with Crippen LogP contribution in [0, 0.1) is 6.92 Å². The van der Waals surface area contributed by atoms with Crippen LogP contribution in [0.25, 0.3) is 20.8 Å². The van der Waals surface area contributed by atoms with Crippen LogP contribution >= 0.6 is 11.3 Å². The molecule has 7 nitrogen and oxygen atoms in total. The molecule has 1 heterocycles. The number of benzene rings is 3. The van der Waals surface area contributed by atoms with E-state index in [1.54, 1.807) is 61.5 Å². The first-order valence-electron chi connectivity index (χ1n) is 8.49. The van der Waals surface area contributed by atoms with Gasteiger partial charge in [-0.2, -0.15) is 5.11 Å². The molecule has 10 heteroatoms. The van der Waals surface area contributed by atoms with Crippen LogP contribution in [0.5, 0.6) is 5.75 Å². The fourth-order valence-corrected chi connectivity index (χ4v) is 5.12. The van der Waals surface area contributed by atoms with Crippen LogP contribution in [0.3, 0.4) is 0 Å². The predicted molar refractivity (Wildman–Crippen MR) is 110 cm³/mol. The first kappa shape index (κ1) is 22.5. The molecule has 0 radical (unpaired) electrons. The molecule has 0 fully saturated rings. The molecule has 3 aromatic carbocycles. The number of aromatic hydroxyl groups is 1. The second-order valence-electron chi connectivity index (χ2n) is 6.27. The van der Waals surface area contributed by atoms with Crippen molar-refractivity contribution < 1.29 is 47.6 Å². The van der Waals surface area contributed by atoms with E-state index in [4.69, 9.17) is 0 Å². The molecule has 1 N–H and O–H groups in total. The number of azo groups is 1. The number of fused-ring (bicyclic) bond motifs is 1. The molecule has 146 valence electrons. The summed E-state index contributed by atoms with van der Waals surface area (Å²) in [6.45, 7) is 1.59. The zero-order valence-corrected chi connectivity index (χ0v) is 19.7. The van der Waals surface area contributed by atoms with Crippen LogP contribution < -0.4 is 29.6 Å². The molecule has 0 aliphatic carbocycles. The number of hydrogen-bond acceptors (Lipinski definition) is 8. The van der Waals surface area contributed by atoms with Crippen molar-refractivity contribution in [3.8, 4) is 16.3 Å². The Balaban J connectivity index is 0.00000256. The summed E-state index contributed by atoms with van der Waals surface area (Å²) >= 11 is 1.16. The summed E-state index contributed by atoms with van der Waals surface area (Å²) in [7, 11) is -4.60. The van der Waals surface area contributed by atoms with E-state index in [0.29, 0.717) is 32.2 Å². The van der Waals surface area contributed by atoms with Gasteiger partial charge in [-0.05, 0) is 55.0 Å². The zero-order valence-electron chi connectivity index (χ0n) is 16.1. The van der Waals surface area contributed by atoms with Crippen molar-refractivity contribution >= 4 is 43.0 Å². The van der Waals surface area contributed by atoms with E-state index in [1.807, 2.05) is 0 Å². The van der Waals surface area contributed by atoms with Crippen molar-refractivity contribution in [1.29, 1.82) is 0 Å². The number of aromatic nitrogens is 1. The Morgan fingerprint density at radius 3 is 2.37 bits per heavy atom. The number of rotatable bonds is 4. The molecule has 0 saturated heterocycles. The third kappa shape index (κ3) is 4.61. The summed E-state index contributed by atoms with van der Waals surface area (Å²) in [6.07, 6.45) is 0. The average molecular weight is 447 g/mol. The molecular weight excluding hydrogens is 433 g/mol. The average Bonchev–Trinajstić information content (AvgIpc) is 3.10. The fraction of sp³-hybridized carbons (Fsp3) is 0.0500. The van der Waals surface area contributed by atoms with Gasteiger partial charge in [0.2, 0.25) is 0 Å². The molecule has 4 aromatic rings. The number of thiazole rings is 1. The van der Waals surface area contributed by atoms with Crippen molar-refractivity contribution in [2.75, 3.05) is 0 Å². The summed E-state index contributed by atoms with van der Waals surface area (Å²) in [4.78, 5) is 4.25. The van der Waals surface area contributed by atoms with Crippen molar-refractivity contribution in [3.05, 3.63) is 66.2 Å². The Morgan fingerprint density at radius 2 is 1.70 bits per heavy atom. The van der Waals surface area contributed by atoms with Gasteiger partial charge < -0.3 is 9.66 Å². The van der Waals surface area contributed by atoms with E-state index in [9.17, 15) is 18.1 Å². The summed E-state index contributed by atoms with van der Waals surface area (Å²) in [5.41, 5.74) is 2.58. The van der Waals surface area contributed by atoms with E-state index in [2.05, 4.69) is 15.2 Å². The summed E-state index contributed by atoms with van der Waals surface area (Å²) in [5, 5.41) is 18.4. The summed E-state index contributed by atoms with van der Waals surface area (Å²) in [6, 6.07) is 17.0. The number of nitrogens with zero attached hydrogens (tertiary/aromatic N) is 3. The Morgan fingerprint density at radius 1 is 1.00 bits per heavy atom. The Labute approximate surface area is 199 Å². The second kappa shape index (κ2) is 8.93.